The van der Waals surface area contributed by atoms with Crippen LogP contribution in [-0.4, -0.2) is 19.5 Å². The second kappa shape index (κ2) is 6.23. The number of methoxy groups -OCH3 is 1. The van der Waals surface area contributed by atoms with Crippen LogP contribution in [0.2, 0.25) is 0 Å². The minimum Gasteiger partial charge on any atom is -0.497 e. The highest BCUT2D eigenvalue weighted by Crippen LogP contribution is 2.18. The quantitative estimate of drug-likeness (QED) is 0.761. The Morgan fingerprint density at radius 2 is 2.11 bits per heavy atom. The first-order valence-corrected chi connectivity index (χ1v) is 6.39. The molecular weight excluding hydrogens is 240 g/mol. The summed E-state index contributed by atoms with van der Waals surface area (Å²) in [4.78, 5) is 12.1. The molecule has 0 amide bonds. The average Bonchev–Trinajstić information content (AvgIpc) is 2.48. The van der Waals surface area contributed by atoms with E-state index in [2.05, 4.69) is 6.58 Å². The molecular formula is C16H18O3. The number of allylic oxidation sites excluding steroid dienone is 2. The molecule has 0 bridgehead atoms. The monoisotopic (exact) mass is 258 g/mol. The van der Waals surface area contributed by atoms with Crippen molar-refractivity contribution in [3.8, 4) is 5.75 Å². The minimum atomic E-state index is -0.0875. The SMILES string of the molecule is C=C(Cc1ccc(OC)cc1)C(=O)C1=CCCCO1. The van der Waals surface area contributed by atoms with Crippen LogP contribution < -0.4 is 4.74 Å². The Labute approximate surface area is 113 Å². The zero-order valence-electron chi connectivity index (χ0n) is 11.1. The molecule has 3 nitrogen and oxygen atoms in total. The van der Waals surface area contributed by atoms with Crippen LogP contribution in [0.25, 0.3) is 0 Å². The molecule has 0 aromatic heterocycles. The summed E-state index contributed by atoms with van der Waals surface area (Å²) in [6, 6.07) is 7.63. The van der Waals surface area contributed by atoms with Gasteiger partial charge in [-0.1, -0.05) is 18.7 Å². The van der Waals surface area contributed by atoms with Crippen molar-refractivity contribution in [2.75, 3.05) is 13.7 Å². The number of benzene rings is 1. The third kappa shape index (κ3) is 3.47. The van der Waals surface area contributed by atoms with E-state index >= 15 is 0 Å². The molecule has 1 aromatic carbocycles. The Balaban J connectivity index is 1.99. The van der Waals surface area contributed by atoms with Gasteiger partial charge in [0.05, 0.1) is 13.7 Å². The Morgan fingerprint density at radius 1 is 1.37 bits per heavy atom. The molecule has 0 radical (unpaired) electrons. The van der Waals surface area contributed by atoms with Gasteiger partial charge in [0.2, 0.25) is 5.78 Å². The molecule has 1 aliphatic rings. The van der Waals surface area contributed by atoms with Gasteiger partial charge in [-0.3, -0.25) is 4.79 Å². The first-order valence-electron chi connectivity index (χ1n) is 6.39. The molecule has 1 aromatic rings. The van der Waals surface area contributed by atoms with Gasteiger partial charge in [-0.25, -0.2) is 0 Å². The van der Waals surface area contributed by atoms with Crippen molar-refractivity contribution in [3.63, 3.8) is 0 Å². The van der Waals surface area contributed by atoms with Crippen LogP contribution in [0.5, 0.6) is 5.75 Å². The van der Waals surface area contributed by atoms with Crippen LogP contribution in [0.1, 0.15) is 18.4 Å². The summed E-state index contributed by atoms with van der Waals surface area (Å²) in [5.74, 6) is 1.17. The zero-order valence-corrected chi connectivity index (χ0v) is 11.1. The second-order valence-electron chi connectivity index (χ2n) is 4.52. The van der Waals surface area contributed by atoms with E-state index in [-0.39, 0.29) is 5.78 Å². The van der Waals surface area contributed by atoms with Gasteiger partial charge >= 0.3 is 0 Å². The molecule has 100 valence electrons. The third-order valence-electron chi connectivity index (χ3n) is 3.06. The standard InChI is InChI=1S/C16H18O3/c1-12(16(17)15-5-3-4-10-19-15)11-13-6-8-14(18-2)9-7-13/h5-9H,1,3-4,10-11H2,2H3. The lowest BCUT2D eigenvalue weighted by atomic mass is 10.0. The van der Waals surface area contributed by atoms with Crippen LogP contribution in [0.15, 0.2) is 48.3 Å². The Kier molecular flexibility index (Phi) is 4.39. The molecule has 1 aliphatic heterocycles. The molecule has 0 aliphatic carbocycles. The first-order chi connectivity index (χ1) is 9.20. The molecule has 0 atom stereocenters. The summed E-state index contributed by atoms with van der Waals surface area (Å²) in [5.41, 5.74) is 1.59. The lowest BCUT2D eigenvalue weighted by Gasteiger charge is -2.14. The number of rotatable bonds is 5. The van der Waals surface area contributed by atoms with Crippen LogP contribution in [0.4, 0.5) is 0 Å². The summed E-state index contributed by atoms with van der Waals surface area (Å²) in [7, 11) is 1.63. The molecule has 0 fully saturated rings. The topological polar surface area (TPSA) is 35.5 Å². The van der Waals surface area contributed by atoms with Gasteiger partial charge in [-0.15, -0.1) is 0 Å². The van der Waals surface area contributed by atoms with Crippen LogP contribution >= 0.6 is 0 Å². The summed E-state index contributed by atoms with van der Waals surface area (Å²) >= 11 is 0. The van der Waals surface area contributed by atoms with Crippen molar-refractivity contribution in [3.05, 3.63) is 53.8 Å². The Hall–Kier alpha value is -2.03. The predicted octanol–water partition coefficient (Wildman–Crippen LogP) is 3.06. The molecule has 0 saturated heterocycles. The highest BCUT2D eigenvalue weighted by atomic mass is 16.5. The van der Waals surface area contributed by atoms with Gasteiger partial charge in [0, 0.05) is 12.0 Å². The first kappa shape index (κ1) is 13.4. The van der Waals surface area contributed by atoms with E-state index in [1.807, 2.05) is 30.3 Å². The van der Waals surface area contributed by atoms with Crippen molar-refractivity contribution in [2.45, 2.75) is 19.3 Å². The number of Topliss-reactive ketones (excluding diaryl/α,β-unsaturated/α-hetero) is 1. The van der Waals surface area contributed by atoms with Crippen LogP contribution in [0, 0.1) is 0 Å². The van der Waals surface area contributed by atoms with E-state index in [0.717, 1.165) is 24.2 Å². The molecule has 0 N–H and O–H groups in total. The molecule has 0 unspecified atom stereocenters. The van der Waals surface area contributed by atoms with Gasteiger partial charge in [0.15, 0.2) is 5.76 Å². The van der Waals surface area contributed by atoms with Crippen LogP contribution in [0.3, 0.4) is 0 Å². The predicted molar refractivity (Wildman–Crippen MR) is 74.1 cm³/mol. The third-order valence-corrected chi connectivity index (χ3v) is 3.06. The maximum Gasteiger partial charge on any atom is 0.222 e. The summed E-state index contributed by atoms with van der Waals surface area (Å²) < 4.78 is 10.5. The Morgan fingerprint density at radius 3 is 2.68 bits per heavy atom. The molecule has 0 spiro atoms. The summed E-state index contributed by atoms with van der Waals surface area (Å²) in [6.07, 6.45) is 4.26. The maximum atomic E-state index is 12.1. The second-order valence-corrected chi connectivity index (χ2v) is 4.52. The number of hydrogen-bond donors (Lipinski definition) is 0. The Bertz CT molecular complexity index is 497. The van der Waals surface area contributed by atoms with Crippen molar-refractivity contribution >= 4 is 5.78 Å². The zero-order chi connectivity index (χ0) is 13.7. The van der Waals surface area contributed by atoms with E-state index in [1.54, 1.807) is 7.11 Å². The number of hydrogen-bond acceptors (Lipinski definition) is 3. The summed E-state index contributed by atoms with van der Waals surface area (Å²) in [6.45, 7) is 4.48. The number of carbonyl (C=O) groups is 1. The average molecular weight is 258 g/mol. The van der Waals surface area contributed by atoms with E-state index in [0.29, 0.717) is 24.4 Å². The van der Waals surface area contributed by atoms with Gasteiger partial charge < -0.3 is 9.47 Å². The fourth-order valence-corrected chi connectivity index (χ4v) is 1.96. The van der Waals surface area contributed by atoms with E-state index in [1.165, 1.54) is 0 Å². The molecule has 19 heavy (non-hydrogen) atoms. The van der Waals surface area contributed by atoms with Crippen molar-refractivity contribution in [1.29, 1.82) is 0 Å². The molecule has 3 heteroatoms. The smallest absolute Gasteiger partial charge is 0.222 e. The van der Waals surface area contributed by atoms with Crippen molar-refractivity contribution < 1.29 is 14.3 Å². The lowest BCUT2D eigenvalue weighted by molar-refractivity contribution is -0.115. The molecule has 0 saturated carbocycles. The van der Waals surface area contributed by atoms with E-state index < -0.39 is 0 Å². The minimum absolute atomic E-state index is 0.0875. The fraction of sp³-hybridized carbons (Fsp3) is 0.312. The van der Waals surface area contributed by atoms with Crippen molar-refractivity contribution in [2.24, 2.45) is 0 Å². The van der Waals surface area contributed by atoms with E-state index in [9.17, 15) is 4.79 Å². The maximum absolute atomic E-state index is 12.1. The van der Waals surface area contributed by atoms with Gasteiger partial charge in [-0.2, -0.15) is 0 Å². The van der Waals surface area contributed by atoms with Crippen molar-refractivity contribution in [1.82, 2.24) is 0 Å². The van der Waals surface area contributed by atoms with Gasteiger partial charge in [0.25, 0.3) is 0 Å². The number of ketones is 1. The van der Waals surface area contributed by atoms with Gasteiger partial charge in [-0.05, 0) is 36.6 Å². The largest absolute Gasteiger partial charge is 0.497 e. The fourth-order valence-electron chi connectivity index (χ4n) is 1.96. The van der Waals surface area contributed by atoms with Gasteiger partial charge in [0.1, 0.15) is 5.75 Å². The normalized spacial score (nSPS) is 14.3. The highest BCUT2D eigenvalue weighted by Gasteiger charge is 2.17. The lowest BCUT2D eigenvalue weighted by Crippen LogP contribution is -2.13. The van der Waals surface area contributed by atoms with Crippen LogP contribution in [-0.2, 0) is 16.0 Å². The molecule has 1 heterocycles. The number of carbonyl (C=O) groups excluding carboxylic acids is 1. The highest BCUT2D eigenvalue weighted by molar-refractivity contribution is 6.06. The number of ether oxygens (including phenoxy) is 2. The van der Waals surface area contributed by atoms with E-state index in [4.69, 9.17) is 9.47 Å². The molecule has 2 rings (SSSR count). The summed E-state index contributed by atoms with van der Waals surface area (Å²) in [5, 5.41) is 0.